The van der Waals surface area contributed by atoms with Gasteiger partial charge < -0.3 is 0 Å². The highest BCUT2D eigenvalue weighted by Crippen LogP contribution is 2.31. The van der Waals surface area contributed by atoms with Crippen molar-refractivity contribution in [1.82, 2.24) is 15.2 Å². The zero-order valence-electron chi connectivity index (χ0n) is 13.1. The minimum Gasteiger partial charge on any atom is -0.296 e. The SMILES string of the molecule is Cc1nc(-c2ccsc2)sc1C(=O)Nc1nnc(-c2ccccc2)s1. The number of amides is 1. The Balaban J connectivity index is 1.54. The van der Waals surface area contributed by atoms with Crippen molar-refractivity contribution in [3.8, 4) is 21.1 Å². The second-order valence-electron chi connectivity index (χ2n) is 5.18. The van der Waals surface area contributed by atoms with Crippen molar-refractivity contribution in [2.45, 2.75) is 6.92 Å². The molecule has 1 N–H and O–H groups in total. The van der Waals surface area contributed by atoms with Gasteiger partial charge in [-0.05, 0) is 18.4 Å². The number of thiophene rings is 1. The highest BCUT2D eigenvalue weighted by Gasteiger charge is 2.18. The summed E-state index contributed by atoms with van der Waals surface area (Å²) in [5, 5.41) is 17.2. The van der Waals surface area contributed by atoms with Crippen LogP contribution in [0.4, 0.5) is 5.13 Å². The molecule has 1 aromatic carbocycles. The van der Waals surface area contributed by atoms with Gasteiger partial charge in [0, 0.05) is 16.5 Å². The maximum atomic E-state index is 12.6. The van der Waals surface area contributed by atoms with Crippen molar-refractivity contribution in [1.29, 1.82) is 0 Å². The minimum atomic E-state index is -0.202. The maximum Gasteiger partial charge on any atom is 0.269 e. The first-order chi connectivity index (χ1) is 12.2. The quantitative estimate of drug-likeness (QED) is 0.540. The number of nitrogens with one attached hydrogen (secondary N) is 1. The largest absolute Gasteiger partial charge is 0.296 e. The van der Waals surface area contributed by atoms with Crippen LogP contribution in [0.3, 0.4) is 0 Å². The normalized spacial score (nSPS) is 10.8. The van der Waals surface area contributed by atoms with Crippen LogP contribution in [0.1, 0.15) is 15.4 Å². The Morgan fingerprint density at radius 1 is 1.00 bits per heavy atom. The number of carbonyl (C=O) groups excluding carboxylic acids is 1. The molecule has 4 aromatic rings. The van der Waals surface area contributed by atoms with Crippen molar-refractivity contribution >= 4 is 45.0 Å². The second kappa shape index (κ2) is 6.83. The van der Waals surface area contributed by atoms with Crippen LogP contribution in [0, 0.1) is 6.92 Å². The van der Waals surface area contributed by atoms with Gasteiger partial charge in [-0.15, -0.1) is 21.5 Å². The van der Waals surface area contributed by atoms with E-state index < -0.39 is 0 Å². The van der Waals surface area contributed by atoms with Gasteiger partial charge in [0.25, 0.3) is 5.91 Å². The van der Waals surface area contributed by atoms with Crippen molar-refractivity contribution in [2.75, 3.05) is 5.32 Å². The number of carbonyl (C=O) groups is 1. The predicted octanol–water partition coefficient (Wildman–Crippen LogP) is 4.95. The van der Waals surface area contributed by atoms with E-state index >= 15 is 0 Å². The van der Waals surface area contributed by atoms with E-state index in [0.29, 0.717) is 10.0 Å². The van der Waals surface area contributed by atoms with E-state index in [0.717, 1.165) is 26.8 Å². The van der Waals surface area contributed by atoms with Gasteiger partial charge in [0.1, 0.15) is 14.9 Å². The number of aromatic nitrogens is 3. The minimum absolute atomic E-state index is 0.202. The van der Waals surface area contributed by atoms with Crippen LogP contribution in [0.5, 0.6) is 0 Å². The van der Waals surface area contributed by atoms with E-state index in [1.54, 1.807) is 11.3 Å². The fourth-order valence-corrected chi connectivity index (χ4v) is 4.66. The molecule has 0 aliphatic carbocycles. The highest BCUT2D eigenvalue weighted by molar-refractivity contribution is 7.19. The lowest BCUT2D eigenvalue weighted by Gasteiger charge is -1.98. The molecular formula is C17H12N4OS3. The van der Waals surface area contributed by atoms with Crippen molar-refractivity contribution in [3.05, 3.63) is 57.7 Å². The van der Waals surface area contributed by atoms with Gasteiger partial charge in [0.15, 0.2) is 0 Å². The molecule has 0 aliphatic rings. The molecule has 0 radical (unpaired) electrons. The molecule has 8 heteroatoms. The Hall–Kier alpha value is -2.42. The van der Waals surface area contributed by atoms with Gasteiger partial charge in [0.05, 0.1) is 5.69 Å². The number of nitrogens with zero attached hydrogens (tertiary/aromatic N) is 3. The first-order valence-corrected chi connectivity index (χ1v) is 9.98. The molecule has 25 heavy (non-hydrogen) atoms. The predicted molar refractivity (Wildman–Crippen MR) is 103 cm³/mol. The monoisotopic (exact) mass is 384 g/mol. The van der Waals surface area contributed by atoms with Crippen molar-refractivity contribution in [2.24, 2.45) is 0 Å². The molecule has 0 unspecified atom stereocenters. The lowest BCUT2D eigenvalue weighted by Crippen LogP contribution is -2.11. The third-order valence-corrected chi connectivity index (χ3v) is 6.21. The Labute approximate surface area is 156 Å². The van der Waals surface area contributed by atoms with Crippen LogP contribution < -0.4 is 5.32 Å². The van der Waals surface area contributed by atoms with Crippen LogP contribution >= 0.6 is 34.0 Å². The molecule has 1 amide bonds. The highest BCUT2D eigenvalue weighted by atomic mass is 32.1. The summed E-state index contributed by atoms with van der Waals surface area (Å²) in [6.45, 7) is 1.84. The molecule has 0 spiro atoms. The lowest BCUT2D eigenvalue weighted by atomic mass is 10.2. The summed E-state index contributed by atoms with van der Waals surface area (Å²) in [4.78, 5) is 17.7. The Morgan fingerprint density at radius 2 is 1.84 bits per heavy atom. The molecule has 5 nitrogen and oxygen atoms in total. The van der Waals surface area contributed by atoms with E-state index in [9.17, 15) is 4.79 Å². The molecule has 124 valence electrons. The van der Waals surface area contributed by atoms with E-state index in [4.69, 9.17) is 0 Å². The van der Waals surface area contributed by atoms with Gasteiger partial charge in [-0.3, -0.25) is 10.1 Å². The number of thiazole rings is 1. The summed E-state index contributed by atoms with van der Waals surface area (Å²) in [7, 11) is 0. The topological polar surface area (TPSA) is 67.8 Å². The summed E-state index contributed by atoms with van der Waals surface area (Å²) in [6.07, 6.45) is 0. The number of hydrogen-bond acceptors (Lipinski definition) is 7. The number of rotatable bonds is 4. The zero-order chi connectivity index (χ0) is 17.2. The molecular weight excluding hydrogens is 372 g/mol. The Morgan fingerprint density at radius 3 is 2.60 bits per heavy atom. The molecule has 3 heterocycles. The van der Waals surface area contributed by atoms with E-state index in [1.807, 2.05) is 54.1 Å². The Kier molecular flexibility index (Phi) is 4.39. The van der Waals surface area contributed by atoms with Gasteiger partial charge in [-0.25, -0.2) is 4.98 Å². The maximum absolute atomic E-state index is 12.6. The third-order valence-electron chi connectivity index (χ3n) is 3.44. The first kappa shape index (κ1) is 16.1. The molecule has 0 aliphatic heterocycles. The van der Waals surface area contributed by atoms with Gasteiger partial charge in [-0.2, -0.15) is 11.3 Å². The average molecular weight is 385 g/mol. The molecule has 3 aromatic heterocycles. The number of benzene rings is 1. The fraction of sp³-hybridized carbons (Fsp3) is 0.0588. The number of anilines is 1. The summed E-state index contributed by atoms with van der Waals surface area (Å²) >= 11 is 4.35. The summed E-state index contributed by atoms with van der Waals surface area (Å²) in [6, 6.07) is 11.8. The number of aryl methyl sites for hydroxylation is 1. The summed E-state index contributed by atoms with van der Waals surface area (Å²) in [5.41, 5.74) is 2.74. The standard InChI is InChI=1S/C17H12N4OS3/c1-10-13(24-15(18-10)12-7-8-23-9-12)14(22)19-17-21-20-16(25-17)11-5-3-2-4-6-11/h2-9H,1H3,(H,19,21,22). The first-order valence-electron chi connectivity index (χ1n) is 7.41. The van der Waals surface area contributed by atoms with Crippen LogP contribution in [0.25, 0.3) is 21.1 Å². The van der Waals surface area contributed by atoms with Gasteiger partial charge in [-0.1, -0.05) is 41.7 Å². The molecule has 0 atom stereocenters. The summed E-state index contributed by atoms with van der Waals surface area (Å²) in [5.74, 6) is -0.202. The molecule has 0 saturated heterocycles. The van der Waals surface area contributed by atoms with Crippen molar-refractivity contribution in [3.63, 3.8) is 0 Å². The van der Waals surface area contributed by atoms with E-state index in [2.05, 4.69) is 20.5 Å². The van der Waals surface area contributed by atoms with Crippen LogP contribution in [-0.2, 0) is 0 Å². The fourth-order valence-electron chi connectivity index (χ4n) is 2.24. The molecule has 0 fully saturated rings. The van der Waals surface area contributed by atoms with Gasteiger partial charge in [0.2, 0.25) is 5.13 Å². The summed E-state index contributed by atoms with van der Waals surface area (Å²) < 4.78 is 0. The molecule has 0 saturated carbocycles. The van der Waals surface area contributed by atoms with Crippen LogP contribution in [0.15, 0.2) is 47.2 Å². The van der Waals surface area contributed by atoms with Crippen LogP contribution in [0.2, 0.25) is 0 Å². The molecule has 0 bridgehead atoms. The third kappa shape index (κ3) is 3.37. The zero-order valence-corrected chi connectivity index (χ0v) is 15.5. The van der Waals surface area contributed by atoms with Gasteiger partial charge >= 0.3 is 0 Å². The second-order valence-corrected chi connectivity index (χ2v) is 7.93. The van der Waals surface area contributed by atoms with E-state index in [1.165, 1.54) is 22.7 Å². The van der Waals surface area contributed by atoms with E-state index in [-0.39, 0.29) is 5.91 Å². The van der Waals surface area contributed by atoms with Crippen LogP contribution in [-0.4, -0.2) is 21.1 Å². The Bertz CT molecular complexity index is 1010. The smallest absolute Gasteiger partial charge is 0.269 e. The lowest BCUT2D eigenvalue weighted by molar-refractivity contribution is 0.102. The number of hydrogen-bond donors (Lipinski definition) is 1. The molecule has 4 rings (SSSR count). The average Bonchev–Trinajstić information content (AvgIpc) is 3.35. The van der Waals surface area contributed by atoms with Crippen molar-refractivity contribution < 1.29 is 4.79 Å².